The van der Waals surface area contributed by atoms with Gasteiger partial charge in [0.1, 0.15) is 0 Å². The van der Waals surface area contributed by atoms with Crippen LogP contribution in [0.15, 0.2) is 0 Å². The van der Waals surface area contributed by atoms with Gasteiger partial charge in [-0.2, -0.15) is 0 Å². The van der Waals surface area contributed by atoms with Crippen molar-refractivity contribution in [2.75, 3.05) is 0 Å². The van der Waals surface area contributed by atoms with Crippen molar-refractivity contribution in [2.45, 2.75) is 58.8 Å². The second-order valence-corrected chi connectivity index (χ2v) is 2.77. The zero-order valence-corrected chi connectivity index (χ0v) is 9.01. The van der Waals surface area contributed by atoms with E-state index in [1.807, 2.05) is 0 Å². The molecule has 0 heterocycles. The minimum absolute atomic E-state index is 0. The first-order valence-electron chi connectivity index (χ1n) is 4.41. The fourth-order valence-corrected chi connectivity index (χ4v) is 1.03. The smallest absolute Gasteiger partial charge is 0 e. The van der Waals surface area contributed by atoms with E-state index >= 15 is 0 Å². The molecule has 0 spiro atoms. The van der Waals surface area contributed by atoms with Crippen LogP contribution in [-0.4, -0.2) is 0 Å². The molecule has 0 fully saturated rings. The molecule has 0 saturated carbocycles. The summed E-state index contributed by atoms with van der Waals surface area (Å²) < 4.78 is 0. The Balaban J connectivity index is 0. The fraction of sp³-hybridized carbons (Fsp3) is 1.00. The number of hydrogen-bond donors (Lipinski definition) is 0. The Morgan fingerprint density at radius 1 is 0.600 bits per heavy atom. The molecule has 0 amide bonds. The topological polar surface area (TPSA) is 0 Å². The zero-order valence-electron chi connectivity index (χ0n) is 7.45. The maximum Gasteiger partial charge on any atom is 0 e. The predicted octanol–water partition coefficient (Wildman–Crippen LogP) is 3.75. The first kappa shape index (κ1) is 13.3. The molecule has 0 rings (SSSR count). The first-order valence-corrected chi connectivity index (χ1v) is 4.41. The van der Waals surface area contributed by atoms with Crippen LogP contribution in [0.1, 0.15) is 58.8 Å². The Kier molecular flexibility index (Phi) is 16.5. The van der Waals surface area contributed by atoms with Crippen LogP contribution in [0.4, 0.5) is 0 Å². The van der Waals surface area contributed by atoms with Gasteiger partial charge in [-0.05, 0) is 0 Å². The minimum atomic E-state index is 0. The van der Waals surface area contributed by atoms with Gasteiger partial charge >= 0.3 is 0 Å². The molecule has 0 saturated heterocycles. The Bertz CT molecular complexity index is 38.0. The van der Waals surface area contributed by atoms with E-state index < -0.39 is 0 Å². The van der Waals surface area contributed by atoms with E-state index in [-0.39, 0.29) is 21.7 Å². The average Bonchev–Trinajstić information content (AvgIpc) is 1.89. The Morgan fingerprint density at radius 2 is 0.900 bits per heavy atom. The van der Waals surface area contributed by atoms with Gasteiger partial charge in [-0.3, -0.25) is 0 Å². The van der Waals surface area contributed by atoms with Crippen molar-refractivity contribution in [3.63, 3.8) is 0 Å². The largest absolute Gasteiger partial charge is 0.0654 e. The van der Waals surface area contributed by atoms with Gasteiger partial charge in [0.15, 0.2) is 0 Å². The maximum absolute atomic E-state index is 2.26. The minimum Gasteiger partial charge on any atom is -0.0654 e. The standard InChI is InChI=1S/C9H20.Ti/c1-3-5-7-9-8-6-4-2;/h3-9H2,1-2H3;. The van der Waals surface area contributed by atoms with E-state index in [4.69, 9.17) is 0 Å². The van der Waals surface area contributed by atoms with E-state index in [1.54, 1.807) is 0 Å². The first-order chi connectivity index (χ1) is 4.41. The van der Waals surface area contributed by atoms with E-state index in [9.17, 15) is 0 Å². The molecule has 1 heteroatoms. The number of rotatable bonds is 6. The molecule has 0 unspecified atom stereocenters. The summed E-state index contributed by atoms with van der Waals surface area (Å²) in [5, 5.41) is 0. The Labute approximate surface area is 80.7 Å². The molecule has 0 bridgehead atoms. The molecule has 0 aromatic carbocycles. The Morgan fingerprint density at radius 3 is 1.20 bits per heavy atom. The van der Waals surface area contributed by atoms with Crippen molar-refractivity contribution < 1.29 is 21.7 Å². The molecule has 0 nitrogen and oxygen atoms in total. The monoisotopic (exact) mass is 176 g/mol. The van der Waals surface area contributed by atoms with Crippen molar-refractivity contribution in [2.24, 2.45) is 0 Å². The van der Waals surface area contributed by atoms with Crippen LogP contribution in [0.5, 0.6) is 0 Å². The van der Waals surface area contributed by atoms with Gasteiger partial charge < -0.3 is 0 Å². The SMILES string of the molecule is CCCCCCCCC.[Ti]. The summed E-state index contributed by atoms with van der Waals surface area (Å²) in [6, 6.07) is 0. The second-order valence-electron chi connectivity index (χ2n) is 2.77. The molecule has 0 aliphatic rings. The number of hydrogen-bond acceptors (Lipinski definition) is 0. The zero-order chi connectivity index (χ0) is 6.95. The molecule has 0 atom stereocenters. The summed E-state index contributed by atoms with van der Waals surface area (Å²) in [7, 11) is 0. The molecule has 10 heavy (non-hydrogen) atoms. The van der Waals surface area contributed by atoms with Crippen LogP contribution < -0.4 is 0 Å². The third-order valence-electron chi connectivity index (χ3n) is 1.71. The summed E-state index contributed by atoms with van der Waals surface area (Å²) in [5.74, 6) is 0. The van der Waals surface area contributed by atoms with E-state index in [0.29, 0.717) is 0 Å². The quantitative estimate of drug-likeness (QED) is 0.427. The van der Waals surface area contributed by atoms with Crippen molar-refractivity contribution in [3.8, 4) is 0 Å². The van der Waals surface area contributed by atoms with Gasteiger partial charge in [0.25, 0.3) is 0 Å². The predicted molar refractivity (Wildman–Crippen MR) is 43.7 cm³/mol. The van der Waals surface area contributed by atoms with E-state index in [0.717, 1.165) is 0 Å². The summed E-state index contributed by atoms with van der Waals surface area (Å²) in [5.41, 5.74) is 0. The summed E-state index contributed by atoms with van der Waals surface area (Å²) in [6.45, 7) is 4.53. The summed E-state index contributed by atoms with van der Waals surface area (Å²) in [4.78, 5) is 0. The van der Waals surface area contributed by atoms with Crippen LogP contribution in [0.2, 0.25) is 0 Å². The molecule has 0 N–H and O–H groups in total. The normalized spacial score (nSPS) is 9.00. The van der Waals surface area contributed by atoms with Gasteiger partial charge in [0, 0.05) is 21.7 Å². The van der Waals surface area contributed by atoms with Gasteiger partial charge in [-0.25, -0.2) is 0 Å². The average molecular weight is 176 g/mol. The third kappa shape index (κ3) is 11.5. The number of unbranched alkanes of at least 4 members (excludes halogenated alkanes) is 6. The van der Waals surface area contributed by atoms with Crippen LogP contribution in [0, 0.1) is 0 Å². The molecule has 0 radical (unpaired) electrons. The summed E-state index contributed by atoms with van der Waals surface area (Å²) in [6.07, 6.45) is 9.97. The van der Waals surface area contributed by atoms with Crippen LogP contribution in [0.3, 0.4) is 0 Å². The molecule has 0 aromatic heterocycles. The van der Waals surface area contributed by atoms with Crippen molar-refractivity contribution in [1.82, 2.24) is 0 Å². The van der Waals surface area contributed by atoms with Gasteiger partial charge in [0.2, 0.25) is 0 Å². The van der Waals surface area contributed by atoms with E-state index in [1.165, 1.54) is 44.9 Å². The molecule has 0 aliphatic carbocycles. The van der Waals surface area contributed by atoms with Crippen LogP contribution in [0.25, 0.3) is 0 Å². The molecule has 0 aliphatic heterocycles. The van der Waals surface area contributed by atoms with Gasteiger partial charge in [-0.1, -0.05) is 58.8 Å². The fourth-order valence-electron chi connectivity index (χ4n) is 1.03. The molecule has 60 valence electrons. The van der Waals surface area contributed by atoms with Gasteiger partial charge in [0.05, 0.1) is 0 Å². The second kappa shape index (κ2) is 12.4. The van der Waals surface area contributed by atoms with Crippen LogP contribution >= 0.6 is 0 Å². The molecule has 0 aromatic rings. The van der Waals surface area contributed by atoms with Crippen molar-refractivity contribution in [3.05, 3.63) is 0 Å². The van der Waals surface area contributed by atoms with Gasteiger partial charge in [-0.15, -0.1) is 0 Å². The Hall–Kier alpha value is 0.714. The summed E-state index contributed by atoms with van der Waals surface area (Å²) >= 11 is 0. The molecular weight excluding hydrogens is 156 g/mol. The maximum atomic E-state index is 2.26. The van der Waals surface area contributed by atoms with E-state index in [2.05, 4.69) is 13.8 Å². The third-order valence-corrected chi connectivity index (χ3v) is 1.71. The molecular formula is C9H20Ti. The van der Waals surface area contributed by atoms with Crippen molar-refractivity contribution >= 4 is 0 Å². The van der Waals surface area contributed by atoms with Crippen LogP contribution in [-0.2, 0) is 21.7 Å². The van der Waals surface area contributed by atoms with Crippen molar-refractivity contribution in [1.29, 1.82) is 0 Å².